The number of fused-ring (bicyclic) bond motifs is 1. The number of aryl methyl sites for hydroxylation is 1. The number of ether oxygens (including phenoxy) is 1. The zero-order chi connectivity index (χ0) is 15.7. The summed E-state index contributed by atoms with van der Waals surface area (Å²) in [5.41, 5.74) is 1.55. The van der Waals surface area contributed by atoms with E-state index in [0.717, 1.165) is 11.3 Å². The third-order valence-electron chi connectivity index (χ3n) is 3.32. The van der Waals surface area contributed by atoms with Crippen LogP contribution in [-0.2, 0) is 0 Å². The maximum Gasteiger partial charge on any atom is 0.275 e. The van der Waals surface area contributed by atoms with Gasteiger partial charge in [0.05, 0.1) is 13.2 Å². The topological polar surface area (TPSA) is 68.5 Å². The zero-order valence-electron chi connectivity index (χ0n) is 12.5. The molecule has 0 spiro atoms. The molecule has 0 aliphatic carbocycles. The molecule has 0 radical (unpaired) electrons. The summed E-state index contributed by atoms with van der Waals surface area (Å²) < 4.78 is 6.69. The number of nitrogens with zero attached hydrogens (tertiary/aromatic N) is 3. The Hall–Kier alpha value is -2.41. The average molecular weight is 316 g/mol. The van der Waals surface area contributed by atoms with Gasteiger partial charge in [0.2, 0.25) is 10.1 Å². The van der Waals surface area contributed by atoms with E-state index in [1.165, 1.54) is 21.9 Å². The van der Waals surface area contributed by atoms with Crippen LogP contribution in [0.3, 0.4) is 0 Å². The van der Waals surface area contributed by atoms with Crippen molar-refractivity contribution in [3.05, 3.63) is 51.9 Å². The number of benzene rings is 1. The fourth-order valence-electron chi connectivity index (χ4n) is 2.27. The number of rotatable bonds is 4. The van der Waals surface area contributed by atoms with E-state index in [0.29, 0.717) is 15.8 Å². The van der Waals surface area contributed by atoms with Crippen LogP contribution in [0.5, 0.6) is 5.75 Å². The smallest absolute Gasteiger partial charge is 0.275 e. The largest absolute Gasteiger partial charge is 0.496 e. The van der Waals surface area contributed by atoms with Crippen LogP contribution in [-0.4, -0.2) is 21.7 Å². The molecular formula is C15H16N4O2S. The highest BCUT2D eigenvalue weighted by atomic mass is 32.1. The van der Waals surface area contributed by atoms with E-state index >= 15 is 0 Å². The van der Waals surface area contributed by atoms with Crippen molar-refractivity contribution >= 4 is 21.4 Å². The van der Waals surface area contributed by atoms with Gasteiger partial charge in [-0.25, -0.2) is 4.98 Å². The first-order valence-corrected chi connectivity index (χ1v) is 7.67. The first-order valence-electron chi connectivity index (χ1n) is 6.85. The maximum absolute atomic E-state index is 11.9. The molecule has 7 heteroatoms. The molecule has 0 saturated carbocycles. The van der Waals surface area contributed by atoms with E-state index < -0.39 is 0 Å². The summed E-state index contributed by atoms with van der Waals surface area (Å²) in [6, 6.07) is 9.27. The van der Waals surface area contributed by atoms with Crippen LogP contribution in [0.4, 0.5) is 5.13 Å². The minimum absolute atomic E-state index is 0.00601. The lowest BCUT2D eigenvalue weighted by Crippen LogP contribution is -2.15. The lowest BCUT2D eigenvalue weighted by atomic mass is 10.1. The van der Waals surface area contributed by atoms with Crippen molar-refractivity contribution in [3.63, 3.8) is 0 Å². The van der Waals surface area contributed by atoms with E-state index in [-0.39, 0.29) is 11.6 Å². The van der Waals surface area contributed by atoms with Crippen molar-refractivity contribution in [1.82, 2.24) is 14.6 Å². The van der Waals surface area contributed by atoms with Crippen LogP contribution in [0, 0.1) is 6.92 Å². The fourth-order valence-corrected chi connectivity index (χ4v) is 3.20. The minimum Gasteiger partial charge on any atom is -0.496 e. The van der Waals surface area contributed by atoms with Gasteiger partial charge >= 0.3 is 0 Å². The van der Waals surface area contributed by atoms with Crippen LogP contribution in [0.25, 0.3) is 4.96 Å². The van der Waals surface area contributed by atoms with Crippen LogP contribution >= 0.6 is 11.3 Å². The molecule has 3 rings (SSSR count). The van der Waals surface area contributed by atoms with Crippen LogP contribution in [0.1, 0.15) is 24.2 Å². The van der Waals surface area contributed by atoms with E-state index in [1.54, 1.807) is 14.0 Å². The van der Waals surface area contributed by atoms with Crippen LogP contribution in [0.2, 0.25) is 0 Å². The molecular weight excluding hydrogens is 300 g/mol. The molecule has 0 saturated heterocycles. The van der Waals surface area contributed by atoms with E-state index in [1.807, 2.05) is 31.2 Å². The van der Waals surface area contributed by atoms with Crippen molar-refractivity contribution in [2.24, 2.45) is 0 Å². The summed E-state index contributed by atoms with van der Waals surface area (Å²) in [4.78, 5) is 16.8. The van der Waals surface area contributed by atoms with Gasteiger partial charge in [-0.2, -0.15) is 4.52 Å². The molecule has 1 unspecified atom stereocenters. The lowest BCUT2D eigenvalue weighted by molar-refractivity contribution is 0.408. The molecule has 1 aromatic carbocycles. The number of anilines is 1. The average Bonchev–Trinajstić information content (AvgIpc) is 2.89. The molecule has 0 fully saturated rings. The number of methoxy groups -OCH3 is 1. The summed E-state index contributed by atoms with van der Waals surface area (Å²) in [7, 11) is 1.65. The third-order valence-corrected chi connectivity index (χ3v) is 4.16. The first kappa shape index (κ1) is 14.5. The van der Waals surface area contributed by atoms with Gasteiger partial charge in [0.25, 0.3) is 5.56 Å². The predicted molar refractivity (Wildman–Crippen MR) is 86.9 cm³/mol. The number of aromatic nitrogens is 3. The second-order valence-electron chi connectivity index (χ2n) is 4.95. The van der Waals surface area contributed by atoms with Crippen molar-refractivity contribution in [1.29, 1.82) is 0 Å². The molecule has 1 N–H and O–H groups in total. The van der Waals surface area contributed by atoms with E-state index in [2.05, 4.69) is 15.4 Å². The number of para-hydroxylation sites is 1. The second-order valence-corrected chi connectivity index (χ2v) is 5.90. The van der Waals surface area contributed by atoms with Gasteiger partial charge in [0, 0.05) is 17.3 Å². The Labute approximate surface area is 131 Å². The molecule has 0 aliphatic rings. The Balaban J connectivity index is 1.93. The molecule has 6 nitrogen and oxygen atoms in total. The molecule has 1 atom stereocenters. The molecule has 0 amide bonds. The number of hydrogen-bond donors (Lipinski definition) is 1. The Morgan fingerprint density at radius 2 is 2.14 bits per heavy atom. The van der Waals surface area contributed by atoms with Crippen LogP contribution < -0.4 is 15.6 Å². The minimum atomic E-state index is -0.170. The van der Waals surface area contributed by atoms with Gasteiger partial charge < -0.3 is 10.1 Å². The summed E-state index contributed by atoms with van der Waals surface area (Å²) in [5.74, 6) is 0.815. The maximum atomic E-state index is 11.9. The van der Waals surface area contributed by atoms with Gasteiger partial charge in [0.1, 0.15) is 5.75 Å². The molecule has 0 aliphatic heterocycles. The molecule has 2 heterocycles. The summed E-state index contributed by atoms with van der Waals surface area (Å²) in [5, 5.41) is 8.23. The van der Waals surface area contributed by atoms with Gasteiger partial charge in [0.15, 0.2) is 0 Å². The zero-order valence-corrected chi connectivity index (χ0v) is 13.3. The van der Waals surface area contributed by atoms with Crippen molar-refractivity contribution in [2.75, 3.05) is 12.4 Å². The highest BCUT2D eigenvalue weighted by Gasteiger charge is 2.14. The highest BCUT2D eigenvalue weighted by Crippen LogP contribution is 2.28. The van der Waals surface area contributed by atoms with E-state index in [9.17, 15) is 4.79 Å². The quantitative estimate of drug-likeness (QED) is 0.801. The number of hydrogen-bond acceptors (Lipinski definition) is 6. The van der Waals surface area contributed by atoms with Gasteiger partial charge in [-0.15, -0.1) is 5.10 Å². The monoisotopic (exact) mass is 316 g/mol. The van der Waals surface area contributed by atoms with Crippen molar-refractivity contribution in [3.8, 4) is 5.75 Å². The summed E-state index contributed by atoms with van der Waals surface area (Å²) >= 11 is 1.35. The fraction of sp³-hybridized carbons (Fsp3) is 0.267. The summed E-state index contributed by atoms with van der Waals surface area (Å²) in [6.07, 6.45) is 0. The normalized spacial score (nSPS) is 12.3. The van der Waals surface area contributed by atoms with Crippen LogP contribution in [0.15, 0.2) is 35.1 Å². The standard InChI is InChI=1S/C15H16N4O2S/c1-9-8-13(20)19-15(16-9)22-14(18-19)17-10(2)11-6-4-5-7-12(11)21-3/h4-8,10H,1-3H3,(H,17,18). The van der Waals surface area contributed by atoms with Crippen molar-refractivity contribution in [2.45, 2.75) is 19.9 Å². The first-order chi connectivity index (χ1) is 10.6. The summed E-state index contributed by atoms with van der Waals surface area (Å²) in [6.45, 7) is 3.82. The Morgan fingerprint density at radius 1 is 1.36 bits per heavy atom. The van der Waals surface area contributed by atoms with E-state index in [4.69, 9.17) is 4.74 Å². The third kappa shape index (κ3) is 2.67. The molecule has 22 heavy (non-hydrogen) atoms. The van der Waals surface area contributed by atoms with Gasteiger partial charge in [-0.3, -0.25) is 4.79 Å². The Bertz CT molecular complexity index is 871. The Morgan fingerprint density at radius 3 is 2.91 bits per heavy atom. The predicted octanol–water partition coefficient (Wildman–Crippen LogP) is 2.64. The molecule has 3 aromatic rings. The molecule has 0 bridgehead atoms. The molecule has 2 aromatic heterocycles. The SMILES string of the molecule is COc1ccccc1C(C)Nc1nn2c(=O)cc(C)nc2s1. The number of nitrogens with one attached hydrogen (secondary N) is 1. The lowest BCUT2D eigenvalue weighted by Gasteiger charge is -2.16. The van der Waals surface area contributed by atoms with Gasteiger partial charge in [-0.05, 0) is 19.9 Å². The second kappa shape index (κ2) is 5.76. The molecule has 114 valence electrons. The van der Waals surface area contributed by atoms with Crippen molar-refractivity contribution < 1.29 is 4.74 Å². The van der Waals surface area contributed by atoms with Gasteiger partial charge in [-0.1, -0.05) is 29.5 Å². The Kier molecular flexibility index (Phi) is 3.81. The highest BCUT2D eigenvalue weighted by molar-refractivity contribution is 7.20.